The van der Waals surface area contributed by atoms with Crippen LogP contribution in [0.15, 0.2) is 52.0 Å². The number of methoxy groups -OCH3 is 1. The molecule has 27 heavy (non-hydrogen) atoms. The van der Waals surface area contributed by atoms with Crippen molar-refractivity contribution in [1.82, 2.24) is 5.43 Å². The molecule has 1 N–H and O–H groups in total. The van der Waals surface area contributed by atoms with Crippen LogP contribution in [-0.2, 0) is 14.8 Å². The molecule has 0 saturated carbocycles. The van der Waals surface area contributed by atoms with E-state index in [1.165, 1.54) is 25.5 Å². The smallest absolute Gasteiger partial charge is 0.260 e. The van der Waals surface area contributed by atoms with E-state index in [-0.39, 0.29) is 11.4 Å². The highest BCUT2D eigenvalue weighted by Crippen LogP contribution is 2.32. The number of halogens is 2. The van der Waals surface area contributed by atoms with Crippen molar-refractivity contribution in [3.05, 3.63) is 57.5 Å². The molecule has 1 amide bonds. The average Bonchev–Trinajstić information content (AvgIpc) is 2.59. The maximum atomic E-state index is 12.2. The van der Waals surface area contributed by atoms with Crippen molar-refractivity contribution in [2.45, 2.75) is 0 Å². The van der Waals surface area contributed by atoms with E-state index < -0.39 is 22.5 Å². The number of hydrogen-bond acceptors (Lipinski definition) is 5. The number of sulfonamides is 1. The Hall–Kier alpha value is -2.10. The molecule has 0 unspecified atom stereocenters. The first kappa shape index (κ1) is 21.2. The maximum Gasteiger partial charge on any atom is 0.260 e. The Morgan fingerprint density at radius 2 is 2.07 bits per heavy atom. The lowest BCUT2D eigenvalue weighted by atomic mass is 10.2. The van der Waals surface area contributed by atoms with Crippen LogP contribution in [0.1, 0.15) is 5.56 Å². The average molecular weight is 475 g/mol. The summed E-state index contributed by atoms with van der Waals surface area (Å²) in [5.41, 5.74) is 3.24. The number of amides is 1. The minimum absolute atomic E-state index is 0.165. The number of nitrogens with one attached hydrogen (secondary N) is 1. The normalized spacial score (nSPS) is 11.4. The predicted octanol–water partition coefficient (Wildman–Crippen LogP) is 3.03. The van der Waals surface area contributed by atoms with Crippen LogP contribution in [0, 0.1) is 0 Å². The van der Waals surface area contributed by atoms with Crippen molar-refractivity contribution in [2.24, 2.45) is 5.10 Å². The molecule has 2 aromatic carbocycles. The summed E-state index contributed by atoms with van der Waals surface area (Å²) in [7, 11) is -2.37. The fourth-order valence-corrected chi connectivity index (χ4v) is 3.61. The number of rotatable bonds is 7. The molecule has 0 bridgehead atoms. The standard InChI is InChI=1S/C17H17BrClN3O4S/c1-26-16-7-6-14(19)9-15(16)22(27(2,24)25)11-17(23)21-20-10-12-4-3-5-13(18)8-12/h3-10H,11H2,1-2H3,(H,21,23)/b20-10-. The number of ether oxygens (including phenoxy) is 1. The Labute approximate surface area is 171 Å². The molecule has 144 valence electrons. The van der Waals surface area contributed by atoms with Gasteiger partial charge >= 0.3 is 0 Å². The van der Waals surface area contributed by atoms with Gasteiger partial charge in [-0.3, -0.25) is 9.10 Å². The lowest BCUT2D eigenvalue weighted by molar-refractivity contribution is -0.119. The summed E-state index contributed by atoms with van der Waals surface area (Å²) in [5, 5.41) is 4.16. The van der Waals surface area contributed by atoms with Crippen molar-refractivity contribution in [3.8, 4) is 5.75 Å². The topological polar surface area (TPSA) is 88.1 Å². The third-order valence-corrected chi connectivity index (χ3v) is 5.20. The molecule has 0 fully saturated rings. The van der Waals surface area contributed by atoms with Gasteiger partial charge < -0.3 is 4.74 Å². The zero-order valence-electron chi connectivity index (χ0n) is 14.5. The van der Waals surface area contributed by atoms with E-state index in [1.54, 1.807) is 12.1 Å². The number of hydrazone groups is 1. The second-order valence-electron chi connectivity index (χ2n) is 5.43. The molecule has 0 aliphatic heterocycles. The van der Waals surface area contributed by atoms with Gasteiger partial charge in [-0.1, -0.05) is 39.7 Å². The first-order valence-electron chi connectivity index (χ1n) is 7.59. The highest BCUT2D eigenvalue weighted by molar-refractivity contribution is 9.10. The molecule has 2 aromatic rings. The van der Waals surface area contributed by atoms with E-state index >= 15 is 0 Å². The SMILES string of the molecule is COc1ccc(Cl)cc1N(CC(=O)N/N=C\c1cccc(Br)c1)S(C)(=O)=O. The van der Waals surface area contributed by atoms with Gasteiger partial charge in [0.25, 0.3) is 5.91 Å². The monoisotopic (exact) mass is 473 g/mol. The van der Waals surface area contributed by atoms with E-state index in [0.29, 0.717) is 5.02 Å². The molecule has 0 spiro atoms. The van der Waals surface area contributed by atoms with Gasteiger partial charge in [-0.2, -0.15) is 5.10 Å². The van der Waals surface area contributed by atoms with Gasteiger partial charge in [0.1, 0.15) is 12.3 Å². The highest BCUT2D eigenvalue weighted by Gasteiger charge is 2.24. The quantitative estimate of drug-likeness (QED) is 0.493. The minimum atomic E-state index is -3.77. The molecule has 0 saturated heterocycles. The first-order chi connectivity index (χ1) is 12.7. The first-order valence-corrected chi connectivity index (χ1v) is 10.6. The molecule has 0 aliphatic carbocycles. The lowest BCUT2D eigenvalue weighted by Gasteiger charge is -2.23. The third-order valence-electron chi connectivity index (χ3n) is 3.35. The van der Waals surface area contributed by atoms with Crippen molar-refractivity contribution in [1.29, 1.82) is 0 Å². The molecule has 7 nitrogen and oxygen atoms in total. The summed E-state index contributed by atoms with van der Waals surface area (Å²) in [5.74, 6) is -0.344. The number of anilines is 1. The number of carbonyl (C=O) groups excluding carboxylic acids is 1. The molecular weight excluding hydrogens is 458 g/mol. The number of nitrogens with zero attached hydrogens (tertiary/aromatic N) is 2. The van der Waals surface area contributed by atoms with Gasteiger partial charge in [-0.15, -0.1) is 0 Å². The molecule has 2 rings (SSSR count). The Kier molecular flexibility index (Phi) is 7.23. The van der Waals surface area contributed by atoms with Gasteiger partial charge in [0.15, 0.2) is 0 Å². The second kappa shape index (κ2) is 9.20. The van der Waals surface area contributed by atoms with Crippen LogP contribution in [0.2, 0.25) is 5.02 Å². The van der Waals surface area contributed by atoms with Crippen molar-refractivity contribution in [3.63, 3.8) is 0 Å². The number of benzene rings is 2. The fraction of sp³-hybridized carbons (Fsp3) is 0.176. The highest BCUT2D eigenvalue weighted by atomic mass is 79.9. The molecule has 0 heterocycles. The maximum absolute atomic E-state index is 12.2. The Morgan fingerprint density at radius 3 is 2.70 bits per heavy atom. The Balaban J connectivity index is 2.17. The van der Waals surface area contributed by atoms with Crippen molar-refractivity contribution < 1.29 is 17.9 Å². The van der Waals surface area contributed by atoms with E-state index in [1.807, 2.05) is 18.2 Å². The summed E-state index contributed by atoms with van der Waals surface area (Å²) < 4.78 is 31.3. The van der Waals surface area contributed by atoms with Gasteiger partial charge in [0.05, 0.1) is 25.3 Å². The zero-order valence-corrected chi connectivity index (χ0v) is 17.7. The van der Waals surface area contributed by atoms with E-state index in [4.69, 9.17) is 16.3 Å². The van der Waals surface area contributed by atoms with E-state index in [2.05, 4.69) is 26.5 Å². The predicted molar refractivity (Wildman–Crippen MR) is 110 cm³/mol. The minimum Gasteiger partial charge on any atom is -0.495 e. The van der Waals surface area contributed by atoms with Crippen LogP contribution in [-0.4, -0.2) is 40.4 Å². The Bertz CT molecular complexity index is 966. The third kappa shape index (κ3) is 6.23. The Morgan fingerprint density at radius 1 is 1.33 bits per heavy atom. The molecule has 10 heteroatoms. The van der Waals surface area contributed by atoms with E-state index in [0.717, 1.165) is 20.6 Å². The summed E-state index contributed by atoms with van der Waals surface area (Å²) in [6.07, 6.45) is 2.44. The molecule has 0 atom stereocenters. The largest absolute Gasteiger partial charge is 0.495 e. The van der Waals surface area contributed by atoms with Crippen LogP contribution in [0.4, 0.5) is 5.69 Å². The summed E-state index contributed by atoms with van der Waals surface area (Å²) in [6.45, 7) is -0.481. The summed E-state index contributed by atoms with van der Waals surface area (Å²) >= 11 is 9.30. The van der Waals surface area contributed by atoms with Gasteiger partial charge in [0, 0.05) is 9.50 Å². The van der Waals surface area contributed by atoms with Crippen molar-refractivity contribution in [2.75, 3.05) is 24.2 Å². The van der Waals surface area contributed by atoms with Crippen LogP contribution < -0.4 is 14.5 Å². The molecule has 0 radical (unpaired) electrons. The van der Waals surface area contributed by atoms with Crippen LogP contribution in [0.5, 0.6) is 5.75 Å². The zero-order chi connectivity index (χ0) is 20.0. The van der Waals surface area contributed by atoms with Gasteiger partial charge in [-0.05, 0) is 35.9 Å². The molecule has 0 aromatic heterocycles. The van der Waals surface area contributed by atoms with Gasteiger partial charge in [0.2, 0.25) is 10.0 Å². The van der Waals surface area contributed by atoms with Gasteiger partial charge in [-0.25, -0.2) is 13.8 Å². The van der Waals surface area contributed by atoms with Crippen molar-refractivity contribution >= 4 is 55.4 Å². The van der Waals surface area contributed by atoms with Crippen LogP contribution >= 0.6 is 27.5 Å². The number of carbonyl (C=O) groups is 1. The van der Waals surface area contributed by atoms with Crippen LogP contribution in [0.25, 0.3) is 0 Å². The van der Waals surface area contributed by atoms with E-state index in [9.17, 15) is 13.2 Å². The lowest BCUT2D eigenvalue weighted by Crippen LogP contribution is -2.39. The summed E-state index contributed by atoms with van der Waals surface area (Å²) in [6, 6.07) is 11.8. The summed E-state index contributed by atoms with van der Waals surface area (Å²) in [4.78, 5) is 12.2. The molecular formula is C17H17BrClN3O4S. The molecule has 0 aliphatic rings. The van der Waals surface area contributed by atoms with Crippen LogP contribution in [0.3, 0.4) is 0 Å². The second-order valence-corrected chi connectivity index (χ2v) is 8.69. The fourth-order valence-electron chi connectivity index (χ4n) is 2.17. The number of hydrogen-bond donors (Lipinski definition) is 1.